The fraction of sp³-hybridized carbons (Fsp3) is 0.688. The van der Waals surface area contributed by atoms with Crippen LogP contribution in [-0.2, 0) is 22.6 Å². The summed E-state index contributed by atoms with van der Waals surface area (Å²) in [7, 11) is 0. The molecule has 2 heterocycles. The highest BCUT2D eigenvalue weighted by atomic mass is 16.4. The third-order valence-corrected chi connectivity index (χ3v) is 4.74. The van der Waals surface area contributed by atoms with Gasteiger partial charge in [0, 0.05) is 44.9 Å². The van der Waals surface area contributed by atoms with Crippen LogP contribution in [0.4, 0.5) is 0 Å². The first-order valence-electron chi connectivity index (χ1n) is 8.03. The van der Waals surface area contributed by atoms with Gasteiger partial charge >= 0.3 is 5.97 Å². The van der Waals surface area contributed by atoms with Crippen LogP contribution in [-0.4, -0.2) is 44.5 Å². The SMILES string of the molecule is CCc1nccn1CCC(=O)N1CCCC(CC)(C(=O)O)C1. The van der Waals surface area contributed by atoms with Gasteiger partial charge in [0.2, 0.25) is 5.91 Å². The van der Waals surface area contributed by atoms with Gasteiger partial charge in [0.25, 0.3) is 0 Å². The van der Waals surface area contributed by atoms with Crippen LogP contribution in [0.3, 0.4) is 0 Å². The standard InChI is InChI=1S/C16H25N3O3/c1-3-13-17-8-11-18(13)10-6-14(20)19-9-5-7-16(4-2,12-19)15(21)22/h8,11H,3-7,9-10,12H2,1-2H3,(H,21,22). The van der Waals surface area contributed by atoms with E-state index in [1.165, 1.54) is 0 Å². The van der Waals surface area contributed by atoms with E-state index in [0.29, 0.717) is 38.9 Å². The molecule has 1 aromatic rings. The molecule has 1 unspecified atom stereocenters. The molecule has 0 bridgehead atoms. The number of carboxylic acids is 1. The highest BCUT2D eigenvalue weighted by Gasteiger charge is 2.41. The summed E-state index contributed by atoms with van der Waals surface area (Å²) < 4.78 is 1.99. The molecule has 2 rings (SSSR count). The van der Waals surface area contributed by atoms with E-state index in [-0.39, 0.29) is 5.91 Å². The molecule has 6 nitrogen and oxygen atoms in total. The van der Waals surface area contributed by atoms with E-state index in [4.69, 9.17) is 0 Å². The Labute approximate surface area is 131 Å². The maximum Gasteiger partial charge on any atom is 0.311 e. The van der Waals surface area contributed by atoms with Gasteiger partial charge in [0.1, 0.15) is 5.82 Å². The molecule has 1 fully saturated rings. The zero-order chi connectivity index (χ0) is 16.2. The Morgan fingerprint density at radius 2 is 2.18 bits per heavy atom. The number of rotatable bonds is 6. The zero-order valence-electron chi connectivity index (χ0n) is 13.4. The topological polar surface area (TPSA) is 75.4 Å². The van der Waals surface area contributed by atoms with Crippen molar-refractivity contribution in [3.05, 3.63) is 18.2 Å². The second kappa shape index (κ2) is 6.94. The van der Waals surface area contributed by atoms with Crippen molar-refractivity contribution in [2.75, 3.05) is 13.1 Å². The van der Waals surface area contributed by atoms with Gasteiger partial charge in [-0.2, -0.15) is 0 Å². The van der Waals surface area contributed by atoms with E-state index in [1.54, 1.807) is 11.1 Å². The summed E-state index contributed by atoms with van der Waals surface area (Å²) in [5.74, 6) is 0.227. The van der Waals surface area contributed by atoms with Crippen molar-refractivity contribution >= 4 is 11.9 Å². The van der Waals surface area contributed by atoms with Crippen LogP contribution < -0.4 is 0 Å². The Morgan fingerprint density at radius 3 is 2.82 bits per heavy atom. The molecular formula is C16H25N3O3. The monoisotopic (exact) mass is 307 g/mol. The molecule has 1 saturated heterocycles. The Hall–Kier alpha value is -1.85. The first-order chi connectivity index (χ1) is 10.5. The predicted molar refractivity (Wildman–Crippen MR) is 82.4 cm³/mol. The number of aliphatic carboxylic acids is 1. The third-order valence-electron chi connectivity index (χ3n) is 4.74. The molecule has 122 valence electrons. The van der Waals surface area contributed by atoms with E-state index >= 15 is 0 Å². The first kappa shape index (κ1) is 16.5. The lowest BCUT2D eigenvalue weighted by atomic mass is 9.77. The van der Waals surface area contributed by atoms with Gasteiger partial charge in [-0.1, -0.05) is 13.8 Å². The fourth-order valence-corrected chi connectivity index (χ4v) is 3.19. The quantitative estimate of drug-likeness (QED) is 0.871. The lowest BCUT2D eigenvalue weighted by Crippen LogP contribution is -2.49. The summed E-state index contributed by atoms with van der Waals surface area (Å²) >= 11 is 0. The molecule has 1 aliphatic rings. The van der Waals surface area contributed by atoms with Crippen molar-refractivity contribution < 1.29 is 14.7 Å². The van der Waals surface area contributed by atoms with E-state index in [9.17, 15) is 14.7 Å². The highest BCUT2D eigenvalue weighted by Crippen LogP contribution is 2.33. The van der Waals surface area contributed by atoms with Gasteiger partial charge < -0.3 is 14.6 Å². The number of likely N-dealkylation sites (tertiary alicyclic amines) is 1. The summed E-state index contributed by atoms with van der Waals surface area (Å²) in [6, 6.07) is 0. The molecule has 22 heavy (non-hydrogen) atoms. The Morgan fingerprint density at radius 1 is 1.41 bits per heavy atom. The van der Waals surface area contributed by atoms with Crippen molar-refractivity contribution in [2.45, 2.75) is 52.5 Å². The van der Waals surface area contributed by atoms with Crippen LogP contribution in [0, 0.1) is 5.41 Å². The maximum atomic E-state index is 12.4. The van der Waals surface area contributed by atoms with Gasteiger partial charge in [-0.3, -0.25) is 9.59 Å². The number of carbonyl (C=O) groups excluding carboxylic acids is 1. The molecule has 6 heteroatoms. The number of aromatic nitrogens is 2. The number of carbonyl (C=O) groups is 2. The molecule has 1 aromatic heterocycles. The second-order valence-electron chi connectivity index (χ2n) is 6.00. The van der Waals surface area contributed by atoms with Crippen molar-refractivity contribution in [1.82, 2.24) is 14.5 Å². The summed E-state index contributed by atoms with van der Waals surface area (Å²) in [4.78, 5) is 29.9. The van der Waals surface area contributed by atoms with Crippen molar-refractivity contribution in [2.24, 2.45) is 5.41 Å². The molecule has 0 saturated carbocycles. The molecule has 0 aliphatic carbocycles. The number of hydrogen-bond acceptors (Lipinski definition) is 3. The number of aryl methyl sites for hydroxylation is 2. The Kier molecular flexibility index (Phi) is 5.21. The minimum atomic E-state index is -0.782. The largest absolute Gasteiger partial charge is 0.481 e. The zero-order valence-corrected chi connectivity index (χ0v) is 13.4. The first-order valence-corrected chi connectivity index (χ1v) is 8.03. The van der Waals surface area contributed by atoms with Gasteiger partial charge in [0.05, 0.1) is 5.41 Å². The van der Waals surface area contributed by atoms with Gasteiger partial charge in [-0.25, -0.2) is 4.98 Å². The third kappa shape index (κ3) is 3.31. The molecule has 1 N–H and O–H groups in total. The fourth-order valence-electron chi connectivity index (χ4n) is 3.19. The van der Waals surface area contributed by atoms with E-state index in [1.807, 2.05) is 24.6 Å². The molecule has 1 aliphatic heterocycles. The average molecular weight is 307 g/mol. The van der Waals surface area contributed by atoms with Crippen LogP contribution in [0.2, 0.25) is 0 Å². The van der Waals surface area contributed by atoms with Crippen molar-refractivity contribution in [1.29, 1.82) is 0 Å². The maximum absolute atomic E-state index is 12.4. The van der Waals surface area contributed by atoms with Crippen LogP contribution in [0.1, 0.15) is 45.4 Å². The Balaban J connectivity index is 1.96. The predicted octanol–water partition coefficient (Wildman–Crippen LogP) is 1.94. The number of imidazole rings is 1. The number of hydrogen-bond donors (Lipinski definition) is 1. The minimum absolute atomic E-state index is 0.0366. The van der Waals surface area contributed by atoms with Gasteiger partial charge in [-0.05, 0) is 19.3 Å². The molecule has 1 atom stereocenters. The molecule has 1 amide bonds. The lowest BCUT2D eigenvalue weighted by molar-refractivity contribution is -0.155. The van der Waals surface area contributed by atoms with Gasteiger partial charge in [0.15, 0.2) is 0 Å². The molecular weight excluding hydrogens is 282 g/mol. The van der Waals surface area contributed by atoms with E-state index in [2.05, 4.69) is 4.98 Å². The lowest BCUT2D eigenvalue weighted by Gasteiger charge is -2.39. The summed E-state index contributed by atoms with van der Waals surface area (Å²) in [5.41, 5.74) is -0.766. The van der Waals surface area contributed by atoms with Crippen LogP contribution >= 0.6 is 0 Å². The van der Waals surface area contributed by atoms with Crippen molar-refractivity contribution in [3.8, 4) is 0 Å². The van der Waals surface area contributed by atoms with Crippen LogP contribution in [0.5, 0.6) is 0 Å². The normalized spacial score (nSPS) is 21.8. The molecule has 0 aromatic carbocycles. The smallest absolute Gasteiger partial charge is 0.311 e. The molecule has 0 radical (unpaired) electrons. The minimum Gasteiger partial charge on any atom is -0.481 e. The van der Waals surface area contributed by atoms with E-state index < -0.39 is 11.4 Å². The van der Waals surface area contributed by atoms with E-state index in [0.717, 1.165) is 18.7 Å². The number of amides is 1. The summed E-state index contributed by atoms with van der Waals surface area (Å²) in [6.45, 7) is 5.53. The number of piperidine rings is 1. The summed E-state index contributed by atoms with van der Waals surface area (Å²) in [6.07, 6.45) is 6.84. The highest BCUT2D eigenvalue weighted by molar-refractivity contribution is 5.79. The Bertz CT molecular complexity index is 540. The van der Waals surface area contributed by atoms with Crippen LogP contribution in [0.15, 0.2) is 12.4 Å². The summed E-state index contributed by atoms with van der Waals surface area (Å²) in [5, 5.41) is 9.49. The van der Waals surface area contributed by atoms with Crippen LogP contribution in [0.25, 0.3) is 0 Å². The second-order valence-corrected chi connectivity index (χ2v) is 6.00. The number of carboxylic acid groups (broad SMARTS) is 1. The van der Waals surface area contributed by atoms with Gasteiger partial charge in [-0.15, -0.1) is 0 Å². The van der Waals surface area contributed by atoms with Crippen molar-refractivity contribution in [3.63, 3.8) is 0 Å². The average Bonchev–Trinajstić information content (AvgIpc) is 2.99. The number of nitrogens with zero attached hydrogens (tertiary/aromatic N) is 3. The molecule has 0 spiro atoms.